The number of carbonyl (C=O) groups excluding carboxylic acids is 1. The smallest absolute Gasteiger partial charge is 0.308 e. The molecule has 76 valence electrons. The minimum atomic E-state index is -0.410. The summed E-state index contributed by atoms with van der Waals surface area (Å²) in [7, 11) is 0. The quantitative estimate of drug-likeness (QED) is 0.713. The molecule has 0 atom stereocenters. The fourth-order valence-corrected chi connectivity index (χ4v) is 1.42. The Bertz CT molecular complexity index is 571. The van der Waals surface area contributed by atoms with Gasteiger partial charge in [0.2, 0.25) is 0 Å². The van der Waals surface area contributed by atoms with Crippen molar-refractivity contribution in [1.82, 2.24) is 4.98 Å². The number of ether oxygens (including phenoxy) is 1. The van der Waals surface area contributed by atoms with Gasteiger partial charge in [0, 0.05) is 18.5 Å². The number of H-pyrrole nitrogens is 1. The van der Waals surface area contributed by atoms with Gasteiger partial charge in [0.15, 0.2) is 5.75 Å². The molecule has 0 saturated carbocycles. The molecule has 0 aliphatic rings. The van der Waals surface area contributed by atoms with Crippen molar-refractivity contribution in [1.29, 1.82) is 0 Å². The summed E-state index contributed by atoms with van der Waals surface area (Å²) in [5.74, 6) is -0.0371. The molecule has 0 radical (unpaired) electrons. The minimum absolute atomic E-state index is 0.193. The zero-order valence-electron chi connectivity index (χ0n) is 8.11. The summed E-state index contributed by atoms with van der Waals surface area (Å²) in [6, 6.07) is 6.97. The second-order valence-corrected chi connectivity index (χ2v) is 3.12. The summed E-state index contributed by atoms with van der Waals surface area (Å²) in [4.78, 5) is 24.8. The summed E-state index contributed by atoms with van der Waals surface area (Å²) in [6.45, 7) is 1.32. The van der Waals surface area contributed by atoms with Gasteiger partial charge in [-0.25, -0.2) is 0 Å². The Morgan fingerprint density at radius 2 is 1.93 bits per heavy atom. The molecule has 4 nitrogen and oxygen atoms in total. The van der Waals surface area contributed by atoms with Crippen LogP contribution in [0.1, 0.15) is 6.92 Å². The lowest BCUT2D eigenvalue weighted by atomic mass is 10.1. The van der Waals surface area contributed by atoms with Crippen LogP contribution in [0.2, 0.25) is 0 Å². The van der Waals surface area contributed by atoms with Gasteiger partial charge in [-0.05, 0) is 6.07 Å². The molecule has 0 aliphatic heterocycles. The highest BCUT2D eigenvalue weighted by atomic mass is 16.5. The van der Waals surface area contributed by atoms with Crippen molar-refractivity contribution >= 4 is 16.7 Å². The summed E-state index contributed by atoms with van der Waals surface area (Å²) in [5, 5.41) is 1.15. The van der Waals surface area contributed by atoms with Gasteiger partial charge in [0.05, 0.1) is 5.39 Å². The van der Waals surface area contributed by atoms with Gasteiger partial charge in [0.25, 0.3) is 5.56 Å². The number of rotatable bonds is 1. The van der Waals surface area contributed by atoms with E-state index in [1.165, 1.54) is 13.1 Å². The maximum absolute atomic E-state index is 11.4. The van der Waals surface area contributed by atoms with Gasteiger partial charge in [0.1, 0.15) is 0 Å². The SMILES string of the molecule is CC(=O)Oc1c[nH]c(=O)c2ccccc12. The average Bonchev–Trinajstić information content (AvgIpc) is 2.22. The third-order valence-electron chi connectivity index (χ3n) is 2.03. The van der Waals surface area contributed by atoms with Gasteiger partial charge in [-0.3, -0.25) is 9.59 Å². The van der Waals surface area contributed by atoms with E-state index in [-0.39, 0.29) is 5.56 Å². The molecular weight excluding hydrogens is 194 g/mol. The van der Waals surface area contributed by atoms with Crippen LogP contribution in [-0.2, 0) is 4.79 Å². The highest BCUT2D eigenvalue weighted by molar-refractivity contribution is 5.88. The van der Waals surface area contributed by atoms with Crippen LogP contribution in [0.5, 0.6) is 5.75 Å². The predicted molar refractivity (Wildman–Crippen MR) is 55.9 cm³/mol. The second-order valence-electron chi connectivity index (χ2n) is 3.12. The maximum atomic E-state index is 11.4. The van der Waals surface area contributed by atoms with E-state index in [1.807, 2.05) is 0 Å². The minimum Gasteiger partial charge on any atom is -0.424 e. The molecule has 1 N–H and O–H groups in total. The van der Waals surface area contributed by atoms with Crippen LogP contribution >= 0.6 is 0 Å². The Balaban J connectivity index is 2.71. The molecule has 0 spiro atoms. The van der Waals surface area contributed by atoms with Crippen molar-refractivity contribution in [3.63, 3.8) is 0 Å². The molecule has 15 heavy (non-hydrogen) atoms. The number of hydrogen-bond acceptors (Lipinski definition) is 3. The highest BCUT2D eigenvalue weighted by Gasteiger charge is 2.06. The number of pyridine rings is 1. The third kappa shape index (κ3) is 1.74. The van der Waals surface area contributed by atoms with E-state index < -0.39 is 5.97 Å². The average molecular weight is 203 g/mol. The molecule has 0 amide bonds. The molecule has 1 aromatic carbocycles. The van der Waals surface area contributed by atoms with Gasteiger partial charge < -0.3 is 9.72 Å². The molecule has 0 aliphatic carbocycles. The number of aromatic amines is 1. The van der Waals surface area contributed by atoms with Gasteiger partial charge in [-0.2, -0.15) is 0 Å². The summed E-state index contributed by atoms with van der Waals surface area (Å²) < 4.78 is 4.97. The fourth-order valence-electron chi connectivity index (χ4n) is 1.42. The Morgan fingerprint density at radius 1 is 1.27 bits per heavy atom. The number of esters is 1. The van der Waals surface area contributed by atoms with E-state index in [0.29, 0.717) is 16.5 Å². The predicted octanol–water partition coefficient (Wildman–Crippen LogP) is 1.45. The summed E-state index contributed by atoms with van der Waals surface area (Å²) in [6.07, 6.45) is 1.39. The molecule has 2 rings (SSSR count). The van der Waals surface area contributed by atoms with Crippen molar-refractivity contribution in [2.75, 3.05) is 0 Å². The first-order valence-electron chi connectivity index (χ1n) is 4.47. The van der Waals surface area contributed by atoms with Crippen molar-refractivity contribution in [3.05, 3.63) is 40.8 Å². The van der Waals surface area contributed by atoms with Crippen LogP contribution in [0.25, 0.3) is 10.8 Å². The molecule has 0 unspecified atom stereocenters. The van der Waals surface area contributed by atoms with E-state index >= 15 is 0 Å². The van der Waals surface area contributed by atoms with Crippen LogP contribution in [0, 0.1) is 0 Å². The number of fused-ring (bicyclic) bond motifs is 1. The monoisotopic (exact) mass is 203 g/mol. The zero-order chi connectivity index (χ0) is 10.8. The molecule has 0 bridgehead atoms. The van der Waals surface area contributed by atoms with Crippen LogP contribution < -0.4 is 10.3 Å². The van der Waals surface area contributed by atoms with Crippen LogP contribution in [0.4, 0.5) is 0 Å². The van der Waals surface area contributed by atoms with E-state index in [9.17, 15) is 9.59 Å². The normalized spacial score (nSPS) is 10.2. The Kier molecular flexibility index (Phi) is 2.25. The maximum Gasteiger partial charge on any atom is 0.308 e. The van der Waals surface area contributed by atoms with Crippen molar-refractivity contribution in [3.8, 4) is 5.75 Å². The lowest BCUT2D eigenvalue weighted by Crippen LogP contribution is -2.08. The van der Waals surface area contributed by atoms with Crippen LogP contribution in [-0.4, -0.2) is 11.0 Å². The number of hydrogen-bond donors (Lipinski definition) is 1. The van der Waals surface area contributed by atoms with Gasteiger partial charge in [-0.1, -0.05) is 18.2 Å². The Morgan fingerprint density at radius 3 is 2.60 bits per heavy atom. The van der Waals surface area contributed by atoms with Gasteiger partial charge in [-0.15, -0.1) is 0 Å². The molecule has 1 aromatic heterocycles. The Hall–Kier alpha value is -2.10. The first kappa shape index (κ1) is 9.45. The molecule has 0 fully saturated rings. The summed E-state index contributed by atoms with van der Waals surface area (Å²) >= 11 is 0. The van der Waals surface area contributed by atoms with Crippen molar-refractivity contribution in [2.24, 2.45) is 0 Å². The lowest BCUT2D eigenvalue weighted by molar-refractivity contribution is -0.131. The fraction of sp³-hybridized carbons (Fsp3) is 0.0909. The lowest BCUT2D eigenvalue weighted by Gasteiger charge is -2.04. The Labute approximate surface area is 85.5 Å². The molecule has 2 aromatic rings. The topological polar surface area (TPSA) is 59.2 Å². The largest absolute Gasteiger partial charge is 0.424 e. The first-order chi connectivity index (χ1) is 7.18. The van der Waals surface area contributed by atoms with E-state index in [4.69, 9.17) is 4.74 Å². The number of aromatic nitrogens is 1. The number of benzene rings is 1. The standard InChI is InChI=1S/C11H9NO3/c1-7(13)15-10-6-12-11(14)9-5-3-2-4-8(9)10/h2-6H,1H3,(H,12,14). The van der Waals surface area contributed by atoms with E-state index in [2.05, 4.69) is 4.98 Å². The second kappa shape index (κ2) is 3.57. The first-order valence-corrected chi connectivity index (χ1v) is 4.47. The van der Waals surface area contributed by atoms with Crippen LogP contribution in [0.3, 0.4) is 0 Å². The number of carbonyl (C=O) groups is 1. The molecule has 1 heterocycles. The number of nitrogens with one attached hydrogen (secondary N) is 1. The molecule has 4 heteroatoms. The van der Waals surface area contributed by atoms with Crippen molar-refractivity contribution < 1.29 is 9.53 Å². The van der Waals surface area contributed by atoms with Crippen LogP contribution in [0.15, 0.2) is 35.3 Å². The van der Waals surface area contributed by atoms with E-state index in [0.717, 1.165) is 0 Å². The van der Waals surface area contributed by atoms with Gasteiger partial charge >= 0.3 is 5.97 Å². The molecular formula is C11H9NO3. The molecule has 0 saturated heterocycles. The highest BCUT2D eigenvalue weighted by Crippen LogP contribution is 2.21. The zero-order valence-corrected chi connectivity index (χ0v) is 8.11. The summed E-state index contributed by atoms with van der Waals surface area (Å²) in [5.41, 5.74) is -0.193. The van der Waals surface area contributed by atoms with Crippen molar-refractivity contribution in [2.45, 2.75) is 6.92 Å². The third-order valence-corrected chi connectivity index (χ3v) is 2.03. The van der Waals surface area contributed by atoms with E-state index in [1.54, 1.807) is 24.3 Å².